The molecule has 2 heterocycles. The van der Waals surface area contributed by atoms with Gasteiger partial charge in [-0.1, -0.05) is 50.6 Å². The number of aryl methyl sites for hydroxylation is 1. The Hall–Kier alpha value is -2.14. The third-order valence-electron chi connectivity index (χ3n) is 5.60. The number of rotatable bonds is 7. The van der Waals surface area contributed by atoms with E-state index in [0.29, 0.717) is 0 Å². The molecule has 0 aliphatic carbocycles. The van der Waals surface area contributed by atoms with Crippen LogP contribution in [0.5, 0.6) is 0 Å². The molecule has 1 aromatic carbocycles. The Morgan fingerprint density at radius 2 is 1.81 bits per heavy atom. The van der Waals surface area contributed by atoms with Crippen molar-refractivity contribution >= 4 is 5.91 Å². The predicted octanol–water partition coefficient (Wildman–Crippen LogP) is 1.81. The fourth-order valence-electron chi connectivity index (χ4n) is 3.99. The summed E-state index contributed by atoms with van der Waals surface area (Å²) in [5.41, 5.74) is 4.14. The minimum Gasteiger partial charge on any atom is -0.332 e. The van der Waals surface area contributed by atoms with Crippen LogP contribution in [0.15, 0.2) is 30.3 Å². The third kappa shape index (κ3) is 4.41. The summed E-state index contributed by atoms with van der Waals surface area (Å²) < 4.78 is 2.06. The zero-order valence-corrected chi connectivity index (χ0v) is 17.0. The van der Waals surface area contributed by atoms with Crippen LogP contribution < -0.4 is 4.90 Å². The SMILES string of the molecule is CCCc1nn(Cc2ccccc2)c(CC)c1C(=O)N1CC[NH+](CC)CC1. The second kappa shape index (κ2) is 9.18. The van der Waals surface area contributed by atoms with E-state index in [0.717, 1.165) is 75.5 Å². The topological polar surface area (TPSA) is 42.6 Å². The molecule has 0 atom stereocenters. The summed E-state index contributed by atoms with van der Waals surface area (Å²) in [6.45, 7) is 12.1. The second-order valence-electron chi connectivity index (χ2n) is 7.41. The minimum atomic E-state index is 0.185. The average molecular weight is 370 g/mol. The fraction of sp³-hybridized carbons (Fsp3) is 0.545. The van der Waals surface area contributed by atoms with Crippen molar-refractivity contribution in [3.8, 4) is 0 Å². The highest BCUT2D eigenvalue weighted by Crippen LogP contribution is 2.21. The van der Waals surface area contributed by atoms with Crippen molar-refractivity contribution in [2.24, 2.45) is 0 Å². The Balaban J connectivity index is 1.89. The molecule has 1 N–H and O–H groups in total. The van der Waals surface area contributed by atoms with Crippen LogP contribution in [0, 0.1) is 0 Å². The molecule has 2 aromatic rings. The molecule has 5 nitrogen and oxygen atoms in total. The van der Waals surface area contributed by atoms with Crippen molar-refractivity contribution < 1.29 is 9.69 Å². The number of aromatic nitrogens is 2. The van der Waals surface area contributed by atoms with Gasteiger partial charge in [0.2, 0.25) is 0 Å². The first-order valence-electron chi connectivity index (χ1n) is 10.4. The summed E-state index contributed by atoms with van der Waals surface area (Å²) in [5.74, 6) is 0.185. The molecule has 5 heteroatoms. The van der Waals surface area contributed by atoms with E-state index < -0.39 is 0 Å². The van der Waals surface area contributed by atoms with Crippen LogP contribution in [0.1, 0.15) is 54.5 Å². The molecule has 0 radical (unpaired) electrons. The van der Waals surface area contributed by atoms with Crippen molar-refractivity contribution in [2.45, 2.75) is 46.6 Å². The molecule has 0 spiro atoms. The first kappa shape index (κ1) is 19.6. The van der Waals surface area contributed by atoms with Crippen molar-refractivity contribution in [1.82, 2.24) is 14.7 Å². The Labute approximate surface area is 163 Å². The molecule has 1 aromatic heterocycles. The highest BCUT2D eigenvalue weighted by Gasteiger charge is 2.29. The van der Waals surface area contributed by atoms with Gasteiger partial charge < -0.3 is 9.80 Å². The molecular weight excluding hydrogens is 336 g/mol. The van der Waals surface area contributed by atoms with E-state index in [1.54, 1.807) is 4.90 Å². The van der Waals surface area contributed by atoms with Crippen LogP contribution in [-0.4, -0.2) is 53.3 Å². The zero-order valence-electron chi connectivity index (χ0n) is 17.0. The van der Waals surface area contributed by atoms with Crippen molar-refractivity contribution in [3.05, 3.63) is 52.8 Å². The molecule has 27 heavy (non-hydrogen) atoms. The number of quaternary nitrogens is 1. The van der Waals surface area contributed by atoms with E-state index in [-0.39, 0.29) is 5.91 Å². The maximum atomic E-state index is 13.4. The largest absolute Gasteiger partial charge is 0.332 e. The molecule has 1 fully saturated rings. The van der Waals surface area contributed by atoms with Gasteiger partial charge in [0, 0.05) is 0 Å². The second-order valence-corrected chi connectivity index (χ2v) is 7.41. The van der Waals surface area contributed by atoms with Crippen LogP contribution in [0.3, 0.4) is 0 Å². The lowest BCUT2D eigenvalue weighted by atomic mass is 10.1. The van der Waals surface area contributed by atoms with Gasteiger partial charge in [0.1, 0.15) is 0 Å². The first-order valence-corrected chi connectivity index (χ1v) is 10.4. The van der Waals surface area contributed by atoms with E-state index in [9.17, 15) is 4.79 Å². The average Bonchev–Trinajstić information content (AvgIpc) is 3.05. The van der Waals surface area contributed by atoms with Crippen LogP contribution >= 0.6 is 0 Å². The van der Waals surface area contributed by atoms with E-state index in [4.69, 9.17) is 5.10 Å². The summed E-state index contributed by atoms with van der Waals surface area (Å²) >= 11 is 0. The van der Waals surface area contributed by atoms with Gasteiger partial charge in [-0.25, -0.2) is 0 Å². The highest BCUT2D eigenvalue weighted by molar-refractivity contribution is 5.96. The number of carbonyl (C=O) groups is 1. The number of hydrogen-bond donors (Lipinski definition) is 1. The van der Waals surface area contributed by atoms with Crippen LogP contribution in [-0.2, 0) is 19.4 Å². The van der Waals surface area contributed by atoms with E-state index in [1.807, 2.05) is 11.0 Å². The normalized spacial score (nSPS) is 15.3. The lowest BCUT2D eigenvalue weighted by molar-refractivity contribution is -0.902. The number of likely N-dealkylation sites (N-methyl/N-ethyl adjacent to an activating group) is 1. The minimum absolute atomic E-state index is 0.185. The molecule has 3 rings (SSSR count). The molecule has 146 valence electrons. The highest BCUT2D eigenvalue weighted by atomic mass is 16.2. The first-order chi connectivity index (χ1) is 13.2. The summed E-state index contributed by atoms with van der Waals surface area (Å²) in [7, 11) is 0. The van der Waals surface area contributed by atoms with Gasteiger partial charge in [-0.15, -0.1) is 0 Å². The fourth-order valence-corrected chi connectivity index (χ4v) is 3.99. The van der Waals surface area contributed by atoms with E-state index in [1.165, 1.54) is 5.56 Å². The van der Waals surface area contributed by atoms with E-state index >= 15 is 0 Å². The van der Waals surface area contributed by atoms with Gasteiger partial charge >= 0.3 is 0 Å². The van der Waals surface area contributed by atoms with Gasteiger partial charge in [0.15, 0.2) is 0 Å². The molecule has 1 amide bonds. The molecule has 0 unspecified atom stereocenters. The van der Waals surface area contributed by atoms with Gasteiger partial charge in [-0.2, -0.15) is 5.10 Å². The van der Waals surface area contributed by atoms with Gasteiger partial charge in [0.05, 0.1) is 56.2 Å². The van der Waals surface area contributed by atoms with Crippen molar-refractivity contribution in [3.63, 3.8) is 0 Å². The van der Waals surface area contributed by atoms with E-state index in [2.05, 4.69) is 49.7 Å². The lowest BCUT2D eigenvalue weighted by Crippen LogP contribution is -3.14. The summed E-state index contributed by atoms with van der Waals surface area (Å²) in [6, 6.07) is 10.4. The maximum Gasteiger partial charge on any atom is 0.258 e. The number of piperazine rings is 1. The van der Waals surface area contributed by atoms with Crippen molar-refractivity contribution in [2.75, 3.05) is 32.7 Å². The quantitative estimate of drug-likeness (QED) is 0.809. The Bertz CT molecular complexity index is 745. The van der Waals surface area contributed by atoms with Gasteiger partial charge in [0.25, 0.3) is 5.91 Å². The zero-order chi connectivity index (χ0) is 19.2. The number of nitrogens with zero attached hydrogens (tertiary/aromatic N) is 3. The standard InChI is InChI=1S/C22H32N4O/c1-4-10-19-21(22(27)25-15-13-24(6-3)14-16-25)20(5-2)26(23-19)17-18-11-8-7-9-12-18/h7-9,11-12H,4-6,10,13-17H2,1-3H3/p+1. The van der Waals surface area contributed by atoms with Gasteiger partial charge in [-0.05, 0) is 25.3 Å². The number of carbonyl (C=O) groups excluding carboxylic acids is 1. The molecule has 0 bridgehead atoms. The molecular formula is C22H33N4O+. The molecule has 1 aliphatic heterocycles. The number of hydrogen-bond acceptors (Lipinski definition) is 2. The Kier molecular flexibility index (Phi) is 6.67. The summed E-state index contributed by atoms with van der Waals surface area (Å²) in [4.78, 5) is 17.0. The number of nitrogens with one attached hydrogen (secondary N) is 1. The van der Waals surface area contributed by atoms with Gasteiger partial charge in [-0.3, -0.25) is 9.48 Å². The predicted molar refractivity (Wildman–Crippen MR) is 108 cm³/mol. The molecule has 0 saturated carbocycles. The van der Waals surface area contributed by atoms with Crippen molar-refractivity contribution in [1.29, 1.82) is 0 Å². The lowest BCUT2D eigenvalue weighted by Gasteiger charge is -2.31. The Morgan fingerprint density at radius 1 is 1.11 bits per heavy atom. The number of amides is 1. The summed E-state index contributed by atoms with van der Waals surface area (Å²) in [6.07, 6.45) is 2.68. The summed E-state index contributed by atoms with van der Waals surface area (Å²) in [5, 5.41) is 4.88. The molecule has 1 saturated heterocycles. The van der Waals surface area contributed by atoms with Crippen LogP contribution in [0.4, 0.5) is 0 Å². The Morgan fingerprint density at radius 3 is 2.41 bits per heavy atom. The van der Waals surface area contributed by atoms with Crippen LogP contribution in [0.2, 0.25) is 0 Å². The number of benzene rings is 1. The smallest absolute Gasteiger partial charge is 0.258 e. The monoisotopic (exact) mass is 369 g/mol. The molecule has 1 aliphatic rings. The third-order valence-corrected chi connectivity index (χ3v) is 5.60. The van der Waals surface area contributed by atoms with Crippen LogP contribution in [0.25, 0.3) is 0 Å². The maximum absolute atomic E-state index is 13.4.